The summed E-state index contributed by atoms with van der Waals surface area (Å²) in [6.07, 6.45) is 0. The van der Waals surface area contributed by atoms with Gasteiger partial charge in [0.2, 0.25) is 5.91 Å². The lowest BCUT2D eigenvalue weighted by Crippen LogP contribution is -2.44. The van der Waals surface area contributed by atoms with Crippen LogP contribution in [0.1, 0.15) is 11.1 Å². The van der Waals surface area contributed by atoms with E-state index in [2.05, 4.69) is 11.4 Å². The minimum atomic E-state index is -0.469. The van der Waals surface area contributed by atoms with Gasteiger partial charge in [0.05, 0.1) is 32.3 Å². The van der Waals surface area contributed by atoms with Gasteiger partial charge in [0.25, 0.3) is 0 Å². The predicted octanol–water partition coefficient (Wildman–Crippen LogP) is 0.0834. The molecule has 0 unspecified atom stereocenters. The Morgan fingerprint density at radius 3 is 2.36 bits per heavy atom. The van der Waals surface area contributed by atoms with E-state index < -0.39 is 6.04 Å². The summed E-state index contributed by atoms with van der Waals surface area (Å²) in [4.78, 5) is 13.4. The molecule has 22 heavy (non-hydrogen) atoms. The van der Waals surface area contributed by atoms with E-state index in [4.69, 9.17) is 14.9 Å². The summed E-state index contributed by atoms with van der Waals surface area (Å²) >= 11 is 0. The highest BCUT2D eigenvalue weighted by Gasteiger charge is 2.11. The first-order valence-electron chi connectivity index (χ1n) is 7.36. The Balaban J connectivity index is 2.32. The molecule has 0 aliphatic heterocycles. The lowest BCUT2D eigenvalue weighted by molar-refractivity contribution is -0.129. The highest BCUT2D eigenvalue weighted by molar-refractivity contribution is 5.77. The number of nitrogens with one attached hydrogen (secondary N) is 1. The summed E-state index contributed by atoms with van der Waals surface area (Å²) in [5.74, 6) is 0.688. The number of amides is 1. The molecule has 3 N–H and O–H groups in total. The number of benzene rings is 1. The lowest BCUT2D eigenvalue weighted by atomic mass is 10.1. The van der Waals surface area contributed by atoms with E-state index in [0.29, 0.717) is 13.2 Å². The Bertz CT molecular complexity index is 455. The zero-order valence-corrected chi connectivity index (χ0v) is 13.5. The average molecular weight is 310 g/mol. The first kappa shape index (κ1) is 18.4. The average Bonchev–Trinajstić information content (AvgIpc) is 2.46. The van der Waals surface area contributed by atoms with Crippen molar-refractivity contribution in [1.29, 1.82) is 0 Å². The SMILES string of the molecule is Cc1cc(C)cc(OCCN(C)C(=O)CNC(CO)CO)c1. The second kappa shape index (κ2) is 9.40. The van der Waals surface area contributed by atoms with E-state index in [0.717, 1.165) is 16.9 Å². The molecule has 1 rings (SSSR count). The summed E-state index contributed by atoms with van der Waals surface area (Å²) in [5.41, 5.74) is 2.28. The molecule has 0 heterocycles. The van der Waals surface area contributed by atoms with Gasteiger partial charge < -0.3 is 25.2 Å². The molecule has 6 heteroatoms. The normalized spacial score (nSPS) is 10.8. The summed E-state index contributed by atoms with van der Waals surface area (Å²) in [5, 5.41) is 20.6. The predicted molar refractivity (Wildman–Crippen MR) is 85.0 cm³/mol. The van der Waals surface area contributed by atoms with Crippen LogP contribution in [0.3, 0.4) is 0 Å². The van der Waals surface area contributed by atoms with Gasteiger partial charge in [0, 0.05) is 7.05 Å². The van der Waals surface area contributed by atoms with Crippen LogP contribution in [0, 0.1) is 13.8 Å². The Kier molecular flexibility index (Phi) is 7.87. The van der Waals surface area contributed by atoms with Gasteiger partial charge in [-0.25, -0.2) is 0 Å². The van der Waals surface area contributed by atoms with E-state index in [1.54, 1.807) is 11.9 Å². The van der Waals surface area contributed by atoms with Crippen molar-refractivity contribution in [2.45, 2.75) is 19.9 Å². The van der Waals surface area contributed by atoms with Gasteiger partial charge in [0.15, 0.2) is 0 Å². The van der Waals surface area contributed by atoms with Gasteiger partial charge >= 0.3 is 0 Å². The molecule has 1 aromatic carbocycles. The maximum Gasteiger partial charge on any atom is 0.236 e. The fraction of sp³-hybridized carbons (Fsp3) is 0.562. The van der Waals surface area contributed by atoms with Crippen molar-refractivity contribution in [2.24, 2.45) is 0 Å². The second-order valence-electron chi connectivity index (χ2n) is 5.43. The smallest absolute Gasteiger partial charge is 0.236 e. The van der Waals surface area contributed by atoms with Crippen LogP contribution < -0.4 is 10.1 Å². The lowest BCUT2D eigenvalue weighted by Gasteiger charge is -2.20. The number of carbonyl (C=O) groups is 1. The van der Waals surface area contributed by atoms with Crippen molar-refractivity contribution in [1.82, 2.24) is 10.2 Å². The highest BCUT2D eigenvalue weighted by Crippen LogP contribution is 2.15. The van der Waals surface area contributed by atoms with Crippen molar-refractivity contribution in [3.05, 3.63) is 29.3 Å². The van der Waals surface area contributed by atoms with Crippen LogP contribution in [-0.4, -0.2) is 67.0 Å². The van der Waals surface area contributed by atoms with Gasteiger partial charge in [-0.2, -0.15) is 0 Å². The molecule has 1 amide bonds. The van der Waals surface area contributed by atoms with Gasteiger partial charge in [-0.1, -0.05) is 6.07 Å². The Morgan fingerprint density at radius 1 is 1.23 bits per heavy atom. The summed E-state index contributed by atoms with van der Waals surface area (Å²) in [6.45, 7) is 4.57. The third-order valence-corrected chi connectivity index (χ3v) is 3.30. The Hall–Kier alpha value is -1.63. The number of aryl methyl sites for hydroxylation is 2. The van der Waals surface area contributed by atoms with E-state index in [1.807, 2.05) is 26.0 Å². The molecule has 0 aliphatic carbocycles. The topological polar surface area (TPSA) is 82.0 Å². The van der Waals surface area contributed by atoms with Crippen molar-refractivity contribution in [3.63, 3.8) is 0 Å². The summed E-state index contributed by atoms with van der Waals surface area (Å²) < 4.78 is 5.66. The van der Waals surface area contributed by atoms with Crippen molar-refractivity contribution in [2.75, 3.05) is 40.0 Å². The first-order valence-corrected chi connectivity index (χ1v) is 7.36. The standard InChI is InChI=1S/C16H26N2O4/c1-12-6-13(2)8-15(7-12)22-5-4-18(3)16(21)9-17-14(10-19)11-20/h6-8,14,17,19-20H,4-5,9-11H2,1-3H3. The van der Waals surface area contributed by atoms with Gasteiger partial charge in [-0.3, -0.25) is 4.79 Å². The minimum Gasteiger partial charge on any atom is -0.492 e. The molecule has 124 valence electrons. The first-order chi connectivity index (χ1) is 10.5. The third-order valence-electron chi connectivity index (χ3n) is 3.30. The number of likely N-dealkylation sites (N-methyl/N-ethyl adjacent to an activating group) is 1. The number of aliphatic hydroxyl groups is 2. The molecule has 0 fully saturated rings. The molecule has 0 spiro atoms. The number of aliphatic hydroxyl groups excluding tert-OH is 2. The highest BCUT2D eigenvalue weighted by atomic mass is 16.5. The van der Waals surface area contributed by atoms with Crippen LogP contribution in [0.5, 0.6) is 5.75 Å². The third kappa shape index (κ3) is 6.43. The number of nitrogens with zero attached hydrogens (tertiary/aromatic N) is 1. The van der Waals surface area contributed by atoms with Gasteiger partial charge in [-0.05, 0) is 37.1 Å². The van der Waals surface area contributed by atoms with Crippen molar-refractivity contribution >= 4 is 5.91 Å². The van der Waals surface area contributed by atoms with Crippen LogP contribution in [0.15, 0.2) is 18.2 Å². The molecule has 0 atom stereocenters. The van der Waals surface area contributed by atoms with E-state index in [-0.39, 0.29) is 25.7 Å². The zero-order chi connectivity index (χ0) is 16.5. The van der Waals surface area contributed by atoms with Crippen LogP contribution in [-0.2, 0) is 4.79 Å². The minimum absolute atomic E-state index is 0.0752. The van der Waals surface area contributed by atoms with Gasteiger partial charge in [0.1, 0.15) is 12.4 Å². The fourth-order valence-corrected chi connectivity index (χ4v) is 1.99. The molecule has 0 saturated carbocycles. The quantitative estimate of drug-likeness (QED) is 0.602. The van der Waals surface area contributed by atoms with E-state index >= 15 is 0 Å². The number of hydrogen-bond acceptors (Lipinski definition) is 5. The number of rotatable bonds is 9. The summed E-state index contributed by atoms with van der Waals surface area (Å²) in [7, 11) is 1.70. The van der Waals surface area contributed by atoms with Crippen LogP contribution >= 0.6 is 0 Å². The maximum atomic E-state index is 11.9. The number of hydrogen-bond donors (Lipinski definition) is 3. The Morgan fingerprint density at radius 2 is 1.82 bits per heavy atom. The molecule has 0 bridgehead atoms. The molecular formula is C16H26N2O4. The van der Waals surface area contributed by atoms with Crippen LogP contribution in [0.25, 0.3) is 0 Å². The van der Waals surface area contributed by atoms with Crippen LogP contribution in [0.4, 0.5) is 0 Å². The van der Waals surface area contributed by atoms with Gasteiger partial charge in [-0.15, -0.1) is 0 Å². The molecule has 0 aliphatic rings. The van der Waals surface area contributed by atoms with Crippen molar-refractivity contribution in [3.8, 4) is 5.75 Å². The van der Waals surface area contributed by atoms with E-state index in [9.17, 15) is 4.79 Å². The van der Waals surface area contributed by atoms with Crippen molar-refractivity contribution < 1.29 is 19.7 Å². The second-order valence-corrected chi connectivity index (χ2v) is 5.43. The molecular weight excluding hydrogens is 284 g/mol. The number of ether oxygens (including phenoxy) is 1. The molecule has 1 aromatic rings. The molecule has 0 saturated heterocycles. The number of carbonyl (C=O) groups excluding carboxylic acids is 1. The fourth-order valence-electron chi connectivity index (χ4n) is 1.99. The largest absolute Gasteiger partial charge is 0.492 e. The molecule has 0 aromatic heterocycles. The molecule has 6 nitrogen and oxygen atoms in total. The summed E-state index contributed by atoms with van der Waals surface area (Å²) in [6, 6.07) is 5.53. The monoisotopic (exact) mass is 310 g/mol. The van der Waals surface area contributed by atoms with E-state index in [1.165, 1.54) is 0 Å². The zero-order valence-electron chi connectivity index (χ0n) is 13.5. The molecule has 0 radical (unpaired) electrons. The van der Waals surface area contributed by atoms with Crippen LogP contribution in [0.2, 0.25) is 0 Å². The maximum absolute atomic E-state index is 11.9. The Labute approximate surface area is 131 Å².